The first-order chi connectivity index (χ1) is 6.77. The van der Waals surface area contributed by atoms with Crippen molar-refractivity contribution in [3.05, 3.63) is 33.9 Å². The second kappa shape index (κ2) is 2.69. The number of aryl methyl sites for hydroxylation is 2. The Kier molecular flexibility index (Phi) is 1.58. The standard InChI is InChI=1S/C13H14O/c1-8-7-9-5-6-12(14)13(9)11-4-2-3-10(8)11/h7H,2-6H2,1H3. The van der Waals surface area contributed by atoms with E-state index in [0.717, 1.165) is 24.8 Å². The number of hydrogen-bond donors (Lipinski definition) is 0. The third kappa shape index (κ3) is 0.927. The van der Waals surface area contributed by atoms with Crippen molar-refractivity contribution < 1.29 is 4.79 Å². The molecule has 2 aliphatic rings. The average Bonchev–Trinajstić information content (AvgIpc) is 2.72. The van der Waals surface area contributed by atoms with Gasteiger partial charge in [-0.05, 0) is 54.9 Å². The third-order valence-corrected chi connectivity index (χ3v) is 3.61. The molecule has 0 atom stereocenters. The molecule has 1 aromatic carbocycles. The van der Waals surface area contributed by atoms with Crippen LogP contribution >= 0.6 is 0 Å². The number of hydrogen-bond acceptors (Lipinski definition) is 1. The summed E-state index contributed by atoms with van der Waals surface area (Å²) in [4.78, 5) is 11.7. The van der Waals surface area contributed by atoms with Gasteiger partial charge in [0.1, 0.15) is 0 Å². The maximum Gasteiger partial charge on any atom is 0.163 e. The summed E-state index contributed by atoms with van der Waals surface area (Å²) < 4.78 is 0. The molecule has 3 rings (SSSR count). The van der Waals surface area contributed by atoms with Crippen molar-refractivity contribution in [1.29, 1.82) is 0 Å². The highest BCUT2D eigenvalue weighted by Crippen LogP contribution is 2.35. The summed E-state index contributed by atoms with van der Waals surface area (Å²) in [5.74, 6) is 0.387. The number of carbonyl (C=O) groups is 1. The van der Waals surface area contributed by atoms with Crippen molar-refractivity contribution in [2.24, 2.45) is 0 Å². The van der Waals surface area contributed by atoms with E-state index >= 15 is 0 Å². The van der Waals surface area contributed by atoms with Crippen LogP contribution in [0.25, 0.3) is 0 Å². The van der Waals surface area contributed by atoms with E-state index in [-0.39, 0.29) is 0 Å². The number of Topliss-reactive ketones (excluding diaryl/α,β-unsaturated/α-hetero) is 1. The Labute approximate surface area is 84.1 Å². The molecule has 0 N–H and O–H groups in total. The second-order valence-electron chi connectivity index (χ2n) is 4.46. The molecule has 0 aliphatic heterocycles. The van der Waals surface area contributed by atoms with E-state index in [2.05, 4.69) is 13.0 Å². The topological polar surface area (TPSA) is 17.1 Å². The molecular formula is C13H14O. The summed E-state index contributed by atoms with van der Waals surface area (Å²) in [6.45, 7) is 2.19. The molecule has 0 radical (unpaired) electrons. The van der Waals surface area contributed by atoms with E-state index in [1.807, 2.05) is 0 Å². The number of ketones is 1. The first-order valence-electron chi connectivity index (χ1n) is 5.45. The van der Waals surface area contributed by atoms with Crippen molar-refractivity contribution in [3.8, 4) is 0 Å². The maximum atomic E-state index is 11.7. The number of fused-ring (bicyclic) bond motifs is 3. The first kappa shape index (κ1) is 8.22. The van der Waals surface area contributed by atoms with Crippen molar-refractivity contribution >= 4 is 5.78 Å². The Morgan fingerprint density at radius 3 is 2.71 bits per heavy atom. The smallest absolute Gasteiger partial charge is 0.163 e. The lowest BCUT2D eigenvalue weighted by atomic mass is 9.95. The highest BCUT2D eigenvalue weighted by atomic mass is 16.1. The van der Waals surface area contributed by atoms with Crippen LogP contribution in [0.5, 0.6) is 0 Å². The largest absolute Gasteiger partial charge is 0.294 e. The van der Waals surface area contributed by atoms with Gasteiger partial charge in [-0.2, -0.15) is 0 Å². The fraction of sp³-hybridized carbons (Fsp3) is 0.462. The molecule has 0 unspecified atom stereocenters. The SMILES string of the molecule is Cc1cc2c(c3c1CCC3)C(=O)CC2. The van der Waals surface area contributed by atoms with Crippen LogP contribution in [-0.4, -0.2) is 5.78 Å². The normalized spacial score (nSPS) is 18.5. The zero-order valence-electron chi connectivity index (χ0n) is 8.52. The van der Waals surface area contributed by atoms with Crippen molar-refractivity contribution in [2.75, 3.05) is 0 Å². The van der Waals surface area contributed by atoms with Gasteiger partial charge in [0.25, 0.3) is 0 Å². The van der Waals surface area contributed by atoms with Gasteiger partial charge in [0, 0.05) is 12.0 Å². The molecule has 0 saturated carbocycles. The molecule has 1 aromatic rings. The lowest BCUT2D eigenvalue weighted by Gasteiger charge is -2.09. The van der Waals surface area contributed by atoms with E-state index in [1.165, 1.54) is 35.1 Å². The van der Waals surface area contributed by atoms with E-state index < -0.39 is 0 Å². The van der Waals surface area contributed by atoms with Crippen molar-refractivity contribution in [1.82, 2.24) is 0 Å². The minimum atomic E-state index is 0.387. The highest BCUT2D eigenvalue weighted by molar-refractivity contribution is 6.02. The van der Waals surface area contributed by atoms with Crippen LogP contribution < -0.4 is 0 Å². The number of benzene rings is 1. The van der Waals surface area contributed by atoms with Gasteiger partial charge >= 0.3 is 0 Å². The monoisotopic (exact) mass is 186 g/mol. The average molecular weight is 186 g/mol. The molecule has 14 heavy (non-hydrogen) atoms. The van der Waals surface area contributed by atoms with Crippen LogP contribution in [0.2, 0.25) is 0 Å². The first-order valence-corrected chi connectivity index (χ1v) is 5.45. The fourth-order valence-electron chi connectivity index (χ4n) is 2.99. The molecule has 0 fully saturated rings. The second-order valence-corrected chi connectivity index (χ2v) is 4.46. The van der Waals surface area contributed by atoms with Gasteiger partial charge in [-0.1, -0.05) is 6.07 Å². The van der Waals surface area contributed by atoms with E-state index in [9.17, 15) is 4.79 Å². The van der Waals surface area contributed by atoms with Crippen LogP contribution in [0.1, 0.15) is 45.5 Å². The minimum Gasteiger partial charge on any atom is -0.294 e. The molecule has 0 saturated heterocycles. The zero-order valence-corrected chi connectivity index (χ0v) is 8.52. The molecular weight excluding hydrogens is 172 g/mol. The summed E-state index contributed by atoms with van der Waals surface area (Å²) in [6, 6.07) is 2.24. The Balaban J connectivity index is 2.33. The highest BCUT2D eigenvalue weighted by Gasteiger charge is 2.27. The van der Waals surface area contributed by atoms with Crippen molar-refractivity contribution in [3.63, 3.8) is 0 Å². The van der Waals surface area contributed by atoms with Gasteiger partial charge < -0.3 is 0 Å². The Hall–Kier alpha value is -1.11. The van der Waals surface area contributed by atoms with Crippen LogP contribution in [0.4, 0.5) is 0 Å². The Morgan fingerprint density at radius 1 is 1.07 bits per heavy atom. The van der Waals surface area contributed by atoms with Gasteiger partial charge in [0.2, 0.25) is 0 Å². The number of rotatable bonds is 0. The van der Waals surface area contributed by atoms with Gasteiger partial charge in [0.15, 0.2) is 5.78 Å². The summed E-state index contributed by atoms with van der Waals surface area (Å²) in [7, 11) is 0. The van der Waals surface area contributed by atoms with Gasteiger partial charge in [-0.15, -0.1) is 0 Å². The van der Waals surface area contributed by atoms with Crippen LogP contribution in [0.15, 0.2) is 6.07 Å². The molecule has 0 spiro atoms. The lowest BCUT2D eigenvalue weighted by Crippen LogP contribution is -2.00. The quantitative estimate of drug-likeness (QED) is 0.608. The molecule has 2 aliphatic carbocycles. The Morgan fingerprint density at radius 2 is 1.86 bits per heavy atom. The lowest BCUT2D eigenvalue weighted by molar-refractivity contribution is 0.0994. The molecule has 0 bridgehead atoms. The molecule has 72 valence electrons. The molecule has 1 heteroatoms. The Bertz CT molecular complexity index is 429. The molecule has 0 amide bonds. The van der Waals surface area contributed by atoms with Gasteiger partial charge in [-0.25, -0.2) is 0 Å². The molecule has 0 heterocycles. The fourth-order valence-corrected chi connectivity index (χ4v) is 2.99. The molecule has 1 nitrogen and oxygen atoms in total. The van der Waals surface area contributed by atoms with E-state index in [0.29, 0.717) is 5.78 Å². The van der Waals surface area contributed by atoms with E-state index in [1.54, 1.807) is 0 Å². The third-order valence-electron chi connectivity index (χ3n) is 3.61. The van der Waals surface area contributed by atoms with Crippen LogP contribution in [-0.2, 0) is 19.3 Å². The minimum absolute atomic E-state index is 0.387. The molecule has 0 aromatic heterocycles. The van der Waals surface area contributed by atoms with Gasteiger partial charge in [0.05, 0.1) is 0 Å². The summed E-state index contributed by atoms with van der Waals surface area (Å²) in [5.41, 5.74) is 6.68. The zero-order chi connectivity index (χ0) is 9.71. The number of carbonyl (C=O) groups excluding carboxylic acids is 1. The van der Waals surface area contributed by atoms with Crippen molar-refractivity contribution in [2.45, 2.75) is 39.0 Å². The predicted molar refractivity (Wildman–Crippen MR) is 55.9 cm³/mol. The van der Waals surface area contributed by atoms with Crippen LogP contribution in [0.3, 0.4) is 0 Å². The summed E-state index contributed by atoms with van der Waals surface area (Å²) >= 11 is 0. The summed E-state index contributed by atoms with van der Waals surface area (Å²) in [6.07, 6.45) is 5.26. The summed E-state index contributed by atoms with van der Waals surface area (Å²) in [5, 5.41) is 0. The predicted octanol–water partition coefficient (Wildman–Crippen LogP) is 2.61. The van der Waals surface area contributed by atoms with Crippen LogP contribution in [0, 0.1) is 6.92 Å². The maximum absolute atomic E-state index is 11.7. The van der Waals surface area contributed by atoms with E-state index in [4.69, 9.17) is 0 Å². The van der Waals surface area contributed by atoms with Gasteiger partial charge in [-0.3, -0.25) is 4.79 Å².